The van der Waals surface area contributed by atoms with Crippen LogP contribution in [0.3, 0.4) is 0 Å². The van der Waals surface area contributed by atoms with Crippen molar-refractivity contribution >= 4 is 17.4 Å². The van der Waals surface area contributed by atoms with Crippen molar-refractivity contribution in [2.45, 2.75) is 18.9 Å². The minimum atomic E-state index is -0.314. The summed E-state index contributed by atoms with van der Waals surface area (Å²) in [6.07, 6.45) is 3.69. The molecule has 1 atom stereocenters. The summed E-state index contributed by atoms with van der Waals surface area (Å²) in [6, 6.07) is 9.29. The standard InChI is InChI=1S/C17H18FN3O2/c18-12-5-7-13(8-6-12)21-16-15(4-1-9-19-16)17(22)20-11-14-3-2-10-23-14/h1,4-9,14H,2-3,10-11H2,(H,19,21)(H,20,22). The number of pyridine rings is 1. The summed E-state index contributed by atoms with van der Waals surface area (Å²) in [7, 11) is 0. The number of hydrogen-bond acceptors (Lipinski definition) is 4. The number of hydrogen-bond donors (Lipinski definition) is 2. The van der Waals surface area contributed by atoms with E-state index < -0.39 is 0 Å². The number of halogens is 1. The Morgan fingerprint density at radius 1 is 1.30 bits per heavy atom. The van der Waals surface area contributed by atoms with Gasteiger partial charge in [-0.25, -0.2) is 9.37 Å². The average molecular weight is 315 g/mol. The molecule has 0 radical (unpaired) electrons. The molecule has 23 heavy (non-hydrogen) atoms. The van der Waals surface area contributed by atoms with Crippen LogP contribution in [0.25, 0.3) is 0 Å². The number of ether oxygens (including phenoxy) is 1. The lowest BCUT2D eigenvalue weighted by molar-refractivity contribution is 0.0858. The Morgan fingerprint density at radius 2 is 2.13 bits per heavy atom. The van der Waals surface area contributed by atoms with Gasteiger partial charge in [-0.2, -0.15) is 0 Å². The fraction of sp³-hybridized carbons (Fsp3) is 0.294. The highest BCUT2D eigenvalue weighted by atomic mass is 19.1. The molecule has 5 nitrogen and oxygen atoms in total. The third kappa shape index (κ3) is 4.04. The first-order valence-corrected chi connectivity index (χ1v) is 7.60. The number of aromatic nitrogens is 1. The van der Waals surface area contributed by atoms with Crippen molar-refractivity contribution in [1.82, 2.24) is 10.3 Å². The number of nitrogens with one attached hydrogen (secondary N) is 2. The Hall–Kier alpha value is -2.47. The van der Waals surface area contributed by atoms with E-state index >= 15 is 0 Å². The van der Waals surface area contributed by atoms with Gasteiger partial charge >= 0.3 is 0 Å². The summed E-state index contributed by atoms with van der Waals surface area (Å²) in [4.78, 5) is 16.6. The second-order valence-corrected chi connectivity index (χ2v) is 5.38. The minimum Gasteiger partial charge on any atom is -0.376 e. The second kappa shape index (κ2) is 7.19. The first-order valence-electron chi connectivity index (χ1n) is 7.60. The van der Waals surface area contributed by atoms with Crippen molar-refractivity contribution in [2.75, 3.05) is 18.5 Å². The molecule has 0 bridgehead atoms. The topological polar surface area (TPSA) is 63.2 Å². The molecule has 0 saturated carbocycles. The summed E-state index contributed by atoms with van der Waals surface area (Å²) in [5.41, 5.74) is 1.10. The van der Waals surface area contributed by atoms with E-state index in [9.17, 15) is 9.18 Å². The second-order valence-electron chi connectivity index (χ2n) is 5.38. The Labute approximate surface area is 133 Å². The van der Waals surface area contributed by atoms with Gasteiger partial charge in [-0.05, 0) is 49.2 Å². The molecule has 3 rings (SSSR count). The van der Waals surface area contributed by atoms with Crippen LogP contribution in [-0.4, -0.2) is 30.1 Å². The quantitative estimate of drug-likeness (QED) is 0.890. The molecule has 1 aromatic carbocycles. The summed E-state index contributed by atoms with van der Waals surface area (Å²) < 4.78 is 18.5. The van der Waals surface area contributed by atoms with Crippen LogP contribution in [0.5, 0.6) is 0 Å². The van der Waals surface area contributed by atoms with Gasteiger partial charge in [0.25, 0.3) is 5.91 Å². The molecular weight excluding hydrogens is 297 g/mol. The zero-order valence-corrected chi connectivity index (χ0v) is 12.6. The zero-order chi connectivity index (χ0) is 16.1. The molecule has 1 aliphatic rings. The molecule has 1 fully saturated rings. The van der Waals surface area contributed by atoms with Crippen LogP contribution in [0.15, 0.2) is 42.6 Å². The predicted molar refractivity (Wildman–Crippen MR) is 85.2 cm³/mol. The Bertz CT molecular complexity index is 670. The SMILES string of the molecule is O=C(NCC1CCCO1)c1cccnc1Nc1ccc(F)cc1. The number of anilines is 2. The largest absolute Gasteiger partial charge is 0.376 e. The van der Waals surface area contributed by atoms with E-state index in [2.05, 4.69) is 15.6 Å². The van der Waals surface area contributed by atoms with Gasteiger partial charge in [-0.1, -0.05) is 0 Å². The molecule has 1 unspecified atom stereocenters. The van der Waals surface area contributed by atoms with E-state index in [1.54, 1.807) is 30.5 Å². The highest BCUT2D eigenvalue weighted by Crippen LogP contribution is 2.19. The van der Waals surface area contributed by atoms with Gasteiger partial charge in [0.2, 0.25) is 0 Å². The van der Waals surface area contributed by atoms with Gasteiger partial charge in [-0.15, -0.1) is 0 Å². The van der Waals surface area contributed by atoms with Crippen LogP contribution < -0.4 is 10.6 Å². The lowest BCUT2D eigenvalue weighted by Crippen LogP contribution is -2.32. The zero-order valence-electron chi connectivity index (χ0n) is 12.6. The first-order chi connectivity index (χ1) is 11.2. The lowest BCUT2D eigenvalue weighted by Gasteiger charge is -2.13. The lowest BCUT2D eigenvalue weighted by atomic mass is 10.2. The molecule has 0 aliphatic carbocycles. The number of carbonyl (C=O) groups is 1. The van der Waals surface area contributed by atoms with E-state index in [0.29, 0.717) is 23.6 Å². The maximum atomic E-state index is 13.0. The van der Waals surface area contributed by atoms with Crippen LogP contribution >= 0.6 is 0 Å². The fourth-order valence-electron chi connectivity index (χ4n) is 2.47. The average Bonchev–Trinajstić information content (AvgIpc) is 3.09. The molecular formula is C17H18FN3O2. The number of carbonyl (C=O) groups excluding carboxylic acids is 1. The van der Waals surface area contributed by atoms with Crippen LogP contribution in [0.1, 0.15) is 23.2 Å². The van der Waals surface area contributed by atoms with E-state index in [-0.39, 0.29) is 17.8 Å². The first kappa shape index (κ1) is 15.4. The Balaban J connectivity index is 1.69. The molecule has 2 N–H and O–H groups in total. The highest BCUT2D eigenvalue weighted by molar-refractivity contribution is 5.99. The summed E-state index contributed by atoms with van der Waals surface area (Å²) in [5, 5.41) is 5.91. The van der Waals surface area contributed by atoms with E-state index in [0.717, 1.165) is 19.4 Å². The van der Waals surface area contributed by atoms with Gasteiger partial charge < -0.3 is 15.4 Å². The molecule has 2 aromatic rings. The molecule has 1 amide bonds. The van der Waals surface area contributed by atoms with E-state index in [1.165, 1.54) is 12.1 Å². The monoisotopic (exact) mass is 315 g/mol. The number of rotatable bonds is 5. The van der Waals surface area contributed by atoms with Crippen molar-refractivity contribution in [2.24, 2.45) is 0 Å². The maximum absolute atomic E-state index is 13.0. The molecule has 120 valence electrons. The van der Waals surface area contributed by atoms with Crippen molar-refractivity contribution in [1.29, 1.82) is 0 Å². The third-order valence-corrected chi connectivity index (χ3v) is 3.67. The minimum absolute atomic E-state index is 0.0872. The van der Waals surface area contributed by atoms with E-state index in [4.69, 9.17) is 4.74 Å². The predicted octanol–water partition coefficient (Wildman–Crippen LogP) is 2.87. The summed E-state index contributed by atoms with van der Waals surface area (Å²) in [5.74, 6) is -0.0896. The van der Waals surface area contributed by atoms with E-state index in [1.807, 2.05) is 0 Å². The molecule has 1 saturated heterocycles. The van der Waals surface area contributed by atoms with Gasteiger partial charge in [-0.3, -0.25) is 4.79 Å². The highest BCUT2D eigenvalue weighted by Gasteiger charge is 2.18. The van der Waals surface area contributed by atoms with Gasteiger partial charge in [0.1, 0.15) is 11.6 Å². The molecule has 6 heteroatoms. The summed E-state index contributed by atoms with van der Waals surface area (Å²) >= 11 is 0. The number of amides is 1. The van der Waals surface area contributed by atoms with Crippen molar-refractivity contribution in [3.05, 3.63) is 54.0 Å². The van der Waals surface area contributed by atoms with Crippen molar-refractivity contribution in [3.63, 3.8) is 0 Å². The smallest absolute Gasteiger partial charge is 0.255 e. The van der Waals surface area contributed by atoms with Crippen LogP contribution in [0.4, 0.5) is 15.9 Å². The van der Waals surface area contributed by atoms with Crippen LogP contribution in [-0.2, 0) is 4.74 Å². The normalized spacial score (nSPS) is 17.0. The van der Waals surface area contributed by atoms with Gasteiger partial charge in [0.05, 0.1) is 11.7 Å². The summed E-state index contributed by atoms with van der Waals surface area (Å²) in [6.45, 7) is 1.24. The van der Waals surface area contributed by atoms with Crippen molar-refractivity contribution < 1.29 is 13.9 Å². The Kier molecular flexibility index (Phi) is 4.83. The Morgan fingerprint density at radius 3 is 2.87 bits per heavy atom. The third-order valence-electron chi connectivity index (χ3n) is 3.67. The van der Waals surface area contributed by atoms with Crippen LogP contribution in [0.2, 0.25) is 0 Å². The molecule has 0 spiro atoms. The van der Waals surface area contributed by atoms with Crippen LogP contribution in [0, 0.1) is 5.82 Å². The van der Waals surface area contributed by atoms with Crippen molar-refractivity contribution in [3.8, 4) is 0 Å². The fourth-order valence-corrected chi connectivity index (χ4v) is 2.47. The number of benzene rings is 1. The molecule has 1 aromatic heterocycles. The van der Waals surface area contributed by atoms with Gasteiger partial charge in [0.15, 0.2) is 0 Å². The molecule has 2 heterocycles. The molecule has 1 aliphatic heterocycles. The maximum Gasteiger partial charge on any atom is 0.255 e. The van der Waals surface area contributed by atoms with Gasteiger partial charge in [0, 0.05) is 25.0 Å². The number of nitrogens with zero attached hydrogens (tertiary/aromatic N) is 1.